The molecule has 0 spiro atoms. The standard InChI is InChI=1S/C25H26O8/c1-4-31-23(30)25(20(21(28)22(29)33-25)15-6-8-17(26)9-7-15)13-14-5-10-18-16(11-14)12-19(27)24(2,3)32-18/h5-11,19,26-28H,4,12-13H2,1-3H3/t19-,25+/m0/s1. The minimum absolute atomic E-state index is 0.0121. The summed E-state index contributed by atoms with van der Waals surface area (Å²) in [7, 11) is 0. The Morgan fingerprint density at radius 1 is 1.12 bits per heavy atom. The number of benzene rings is 2. The molecule has 4 rings (SSSR count). The number of hydrogen-bond donors (Lipinski definition) is 3. The first-order chi connectivity index (χ1) is 15.6. The topological polar surface area (TPSA) is 123 Å². The van der Waals surface area contributed by atoms with E-state index in [1.54, 1.807) is 39.0 Å². The fraction of sp³-hybridized carbons (Fsp3) is 0.360. The number of rotatable bonds is 5. The summed E-state index contributed by atoms with van der Waals surface area (Å²) >= 11 is 0. The molecule has 0 saturated heterocycles. The summed E-state index contributed by atoms with van der Waals surface area (Å²) in [5, 5.41) is 30.6. The molecule has 2 atom stereocenters. The average Bonchev–Trinajstić information content (AvgIpc) is 3.00. The van der Waals surface area contributed by atoms with Crippen molar-refractivity contribution in [1.82, 2.24) is 0 Å². The molecule has 0 amide bonds. The first-order valence-electron chi connectivity index (χ1n) is 10.7. The highest BCUT2D eigenvalue weighted by Crippen LogP contribution is 2.44. The largest absolute Gasteiger partial charge is 0.508 e. The Morgan fingerprint density at radius 2 is 1.82 bits per heavy atom. The van der Waals surface area contributed by atoms with Gasteiger partial charge in [-0.1, -0.05) is 24.3 Å². The maximum atomic E-state index is 13.2. The third-order valence-corrected chi connectivity index (χ3v) is 6.03. The molecule has 0 radical (unpaired) electrons. The van der Waals surface area contributed by atoms with Crippen molar-refractivity contribution in [2.24, 2.45) is 0 Å². The van der Waals surface area contributed by atoms with Gasteiger partial charge in [0.25, 0.3) is 0 Å². The number of phenolic OH excluding ortho intramolecular Hbond substituents is 1. The van der Waals surface area contributed by atoms with Gasteiger partial charge < -0.3 is 29.5 Å². The van der Waals surface area contributed by atoms with Gasteiger partial charge in [-0.3, -0.25) is 0 Å². The number of aliphatic hydroxyl groups excluding tert-OH is 2. The van der Waals surface area contributed by atoms with E-state index in [4.69, 9.17) is 14.2 Å². The molecule has 0 bridgehead atoms. The summed E-state index contributed by atoms with van der Waals surface area (Å²) < 4.78 is 16.7. The van der Waals surface area contributed by atoms with Crippen LogP contribution in [0.5, 0.6) is 11.5 Å². The van der Waals surface area contributed by atoms with Gasteiger partial charge in [0.05, 0.1) is 18.3 Å². The summed E-state index contributed by atoms with van der Waals surface area (Å²) in [6, 6.07) is 11.0. The van der Waals surface area contributed by atoms with Crippen LogP contribution in [0.25, 0.3) is 5.57 Å². The van der Waals surface area contributed by atoms with Crippen LogP contribution in [0, 0.1) is 0 Å². The van der Waals surface area contributed by atoms with Gasteiger partial charge in [-0.15, -0.1) is 0 Å². The van der Waals surface area contributed by atoms with Gasteiger partial charge >= 0.3 is 11.9 Å². The van der Waals surface area contributed by atoms with Crippen LogP contribution in [-0.2, 0) is 31.9 Å². The third kappa shape index (κ3) is 3.91. The number of aliphatic hydroxyl groups is 2. The number of cyclic esters (lactones) is 1. The molecule has 0 saturated carbocycles. The SMILES string of the molecule is CCOC(=O)[C@]1(Cc2ccc3c(c2)C[C@H](O)C(C)(C)O3)OC(=O)C(O)=C1c1ccc(O)cc1. The first kappa shape index (κ1) is 22.7. The minimum atomic E-state index is -1.92. The molecule has 3 N–H and O–H groups in total. The van der Waals surface area contributed by atoms with Gasteiger partial charge in [-0.2, -0.15) is 0 Å². The summed E-state index contributed by atoms with van der Waals surface area (Å²) in [4.78, 5) is 25.6. The molecule has 0 aliphatic carbocycles. The molecule has 2 aromatic rings. The molecule has 33 heavy (non-hydrogen) atoms. The van der Waals surface area contributed by atoms with Gasteiger partial charge in [0, 0.05) is 12.8 Å². The number of aromatic hydroxyl groups is 1. The molecular formula is C25H26O8. The van der Waals surface area contributed by atoms with Crippen molar-refractivity contribution in [1.29, 1.82) is 0 Å². The Morgan fingerprint density at radius 3 is 2.48 bits per heavy atom. The van der Waals surface area contributed by atoms with E-state index >= 15 is 0 Å². The zero-order valence-corrected chi connectivity index (χ0v) is 18.6. The van der Waals surface area contributed by atoms with Crippen LogP contribution in [0.1, 0.15) is 37.5 Å². The number of fused-ring (bicyclic) bond motifs is 1. The number of carbonyl (C=O) groups is 2. The highest BCUT2D eigenvalue weighted by atomic mass is 16.6. The molecule has 8 heteroatoms. The predicted octanol–water partition coefficient (Wildman–Crippen LogP) is 2.84. The van der Waals surface area contributed by atoms with E-state index in [9.17, 15) is 24.9 Å². The molecule has 0 fully saturated rings. The quantitative estimate of drug-likeness (QED) is 0.590. The van der Waals surface area contributed by atoms with E-state index < -0.39 is 35.0 Å². The second kappa shape index (κ2) is 8.12. The second-order valence-corrected chi connectivity index (χ2v) is 8.75. The van der Waals surface area contributed by atoms with Crippen molar-refractivity contribution < 1.29 is 39.1 Å². The Bertz CT molecular complexity index is 1130. The maximum absolute atomic E-state index is 13.2. The number of phenols is 1. The van der Waals surface area contributed by atoms with Gasteiger partial charge in [-0.25, -0.2) is 9.59 Å². The van der Waals surface area contributed by atoms with Crippen molar-refractivity contribution in [2.45, 2.75) is 50.9 Å². The van der Waals surface area contributed by atoms with E-state index in [2.05, 4.69) is 0 Å². The minimum Gasteiger partial charge on any atom is -0.508 e. The van der Waals surface area contributed by atoms with E-state index in [-0.39, 0.29) is 24.4 Å². The van der Waals surface area contributed by atoms with Crippen molar-refractivity contribution >= 4 is 17.5 Å². The lowest BCUT2D eigenvalue weighted by atomic mass is 9.82. The summed E-state index contributed by atoms with van der Waals surface area (Å²) in [5.74, 6) is -1.93. The van der Waals surface area contributed by atoms with Crippen molar-refractivity contribution in [2.75, 3.05) is 6.61 Å². The third-order valence-electron chi connectivity index (χ3n) is 6.03. The molecule has 0 unspecified atom stereocenters. The lowest BCUT2D eigenvalue weighted by Gasteiger charge is -2.37. The first-order valence-corrected chi connectivity index (χ1v) is 10.7. The summed E-state index contributed by atoms with van der Waals surface area (Å²) in [5.41, 5.74) is -0.972. The van der Waals surface area contributed by atoms with Gasteiger partial charge in [-0.05, 0) is 55.7 Å². The van der Waals surface area contributed by atoms with Crippen LogP contribution in [0.4, 0.5) is 0 Å². The molecule has 174 valence electrons. The predicted molar refractivity (Wildman–Crippen MR) is 118 cm³/mol. The Balaban J connectivity index is 1.79. The molecular weight excluding hydrogens is 428 g/mol. The van der Waals surface area contributed by atoms with Crippen molar-refractivity contribution in [3.05, 3.63) is 64.9 Å². The lowest BCUT2D eigenvalue weighted by Crippen LogP contribution is -2.46. The van der Waals surface area contributed by atoms with Crippen LogP contribution in [0.15, 0.2) is 48.2 Å². The summed E-state index contributed by atoms with van der Waals surface area (Å²) in [6.07, 6.45) is -0.473. The fourth-order valence-electron chi connectivity index (χ4n) is 4.23. The normalized spacial score (nSPS) is 23.5. The van der Waals surface area contributed by atoms with Crippen LogP contribution in [0.3, 0.4) is 0 Å². The van der Waals surface area contributed by atoms with Gasteiger partial charge in [0.15, 0.2) is 0 Å². The van der Waals surface area contributed by atoms with Crippen molar-refractivity contribution in [3.8, 4) is 11.5 Å². The Labute approximate surface area is 191 Å². The summed E-state index contributed by atoms with van der Waals surface area (Å²) in [6.45, 7) is 5.28. The van der Waals surface area contributed by atoms with Crippen LogP contribution < -0.4 is 4.74 Å². The second-order valence-electron chi connectivity index (χ2n) is 8.75. The van der Waals surface area contributed by atoms with Gasteiger partial charge in [0.2, 0.25) is 11.4 Å². The van der Waals surface area contributed by atoms with E-state index in [0.717, 1.165) is 5.56 Å². The zero-order valence-electron chi connectivity index (χ0n) is 18.6. The fourth-order valence-corrected chi connectivity index (χ4v) is 4.23. The van der Waals surface area contributed by atoms with E-state index in [1.165, 1.54) is 24.3 Å². The monoisotopic (exact) mass is 454 g/mol. The number of esters is 2. The van der Waals surface area contributed by atoms with Crippen LogP contribution in [0.2, 0.25) is 0 Å². The van der Waals surface area contributed by atoms with E-state index in [1.807, 2.05) is 0 Å². The number of hydrogen-bond acceptors (Lipinski definition) is 8. The highest BCUT2D eigenvalue weighted by Gasteiger charge is 2.56. The highest BCUT2D eigenvalue weighted by molar-refractivity contribution is 6.11. The smallest absolute Gasteiger partial charge is 0.375 e. The molecule has 8 nitrogen and oxygen atoms in total. The lowest BCUT2D eigenvalue weighted by molar-refractivity contribution is -0.171. The van der Waals surface area contributed by atoms with E-state index in [0.29, 0.717) is 23.3 Å². The average molecular weight is 454 g/mol. The van der Waals surface area contributed by atoms with Crippen molar-refractivity contribution in [3.63, 3.8) is 0 Å². The number of carbonyl (C=O) groups excluding carboxylic acids is 2. The van der Waals surface area contributed by atoms with Crippen LogP contribution in [-0.4, -0.2) is 51.2 Å². The van der Waals surface area contributed by atoms with Crippen LogP contribution >= 0.6 is 0 Å². The molecule has 2 aliphatic heterocycles. The number of ether oxygens (including phenoxy) is 3. The molecule has 0 aromatic heterocycles. The van der Waals surface area contributed by atoms with Gasteiger partial charge in [0.1, 0.15) is 17.1 Å². The maximum Gasteiger partial charge on any atom is 0.375 e. The molecule has 2 aliphatic rings. The molecule has 2 aromatic carbocycles. The zero-order chi connectivity index (χ0) is 24.0. The Kier molecular flexibility index (Phi) is 5.57. The molecule has 2 heterocycles. The Hall–Kier alpha value is -3.52.